The Morgan fingerprint density at radius 3 is 2.81 bits per heavy atom. The highest BCUT2D eigenvalue weighted by atomic mass is 32.2. The molecule has 2 aromatic rings. The lowest BCUT2D eigenvalue weighted by atomic mass is 10.2. The average Bonchev–Trinajstić information content (AvgIpc) is 2.48. The fourth-order valence-corrected chi connectivity index (χ4v) is 2.06. The zero-order valence-corrected chi connectivity index (χ0v) is 13.1. The largest absolute Gasteiger partial charge is 0.436 e. The Bertz CT molecular complexity index is 622. The normalized spacial score (nSPS) is 10.5. The van der Waals surface area contributed by atoms with Crippen LogP contribution < -0.4 is 10.1 Å². The number of nitrogens with zero attached hydrogens (tertiary/aromatic N) is 2. The number of ether oxygens (including phenoxy) is 1. The monoisotopic (exact) mass is 307 g/mol. The number of benzene rings is 1. The van der Waals surface area contributed by atoms with Crippen LogP contribution in [0.3, 0.4) is 0 Å². The van der Waals surface area contributed by atoms with Crippen LogP contribution in [0.4, 0.5) is 10.2 Å². The zero-order valence-electron chi connectivity index (χ0n) is 12.3. The molecule has 0 unspecified atom stereocenters. The number of hydrogen-bond donors (Lipinski definition) is 1. The molecule has 4 nitrogen and oxygen atoms in total. The Morgan fingerprint density at radius 1 is 1.29 bits per heavy atom. The maximum Gasteiger partial charge on any atom is 0.225 e. The van der Waals surface area contributed by atoms with Crippen LogP contribution in [0.5, 0.6) is 11.6 Å². The molecule has 0 amide bonds. The summed E-state index contributed by atoms with van der Waals surface area (Å²) in [5.41, 5.74) is 0.926. The Balaban J connectivity index is 2.27. The van der Waals surface area contributed by atoms with Crippen molar-refractivity contribution in [1.82, 2.24) is 9.97 Å². The quantitative estimate of drug-likeness (QED) is 0.638. The van der Waals surface area contributed by atoms with Crippen molar-refractivity contribution in [1.29, 1.82) is 0 Å². The minimum atomic E-state index is -0.409. The maximum atomic E-state index is 13.8. The van der Waals surface area contributed by atoms with Crippen molar-refractivity contribution in [3.63, 3.8) is 0 Å². The van der Waals surface area contributed by atoms with Gasteiger partial charge in [-0.2, -0.15) is 4.98 Å². The van der Waals surface area contributed by atoms with Crippen molar-refractivity contribution < 1.29 is 9.13 Å². The first-order valence-corrected chi connectivity index (χ1v) is 7.95. The Morgan fingerprint density at radius 2 is 2.10 bits per heavy atom. The number of halogens is 1. The van der Waals surface area contributed by atoms with Crippen molar-refractivity contribution in [2.45, 2.75) is 25.4 Å². The number of aromatic nitrogens is 2. The van der Waals surface area contributed by atoms with Crippen molar-refractivity contribution in [2.75, 3.05) is 18.1 Å². The third-order valence-corrected chi connectivity index (χ3v) is 3.27. The molecule has 0 bridgehead atoms. The minimum Gasteiger partial charge on any atom is -0.436 e. The van der Waals surface area contributed by atoms with Gasteiger partial charge in [0.05, 0.1) is 0 Å². The SMILES string of the molecule is CCCNc1cc(Oc2cc(C)ccc2F)nc(SC)n1. The van der Waals surface area contributed by atoms with Crippen molar-refractivity contribution in [2.24, 2.45) is 0 Å². The summed E-state index contributed by atoms with van der Waals surface area (Å²) >= 11 is 1.41. The van der Waals surface area contributed by atoms with Crippen LogP contribution in [0.1, 0.15) is 18.9 Å². The molecular formula is C15H18FN3OS. The van der Waals surface area contributed by atoms with E-state index in [1.165, 1.54) is 17.8 Å². The van der Waals surface area contributed by atoms with E-state index in [9.17, 15) is 4.39 Å². The van der Waals surface area contributed by atoms with Gasteiger partial charge in [-0.1, -0.05) is 24.8 Å². The minimum absolute atomic E-state index is 0.169. The number of hydrogen-bond acceptors (Lipinski definition) is 5. The van der Waals surface area contributed by atoms with E-state index in [0.29, 0.717) is 16.9 Å². The van der Waals surface area contributed by atoms with Gasteiger partial charge in [0, 0.05) is 12.6 Å². The number of anilines is 1. The number of thioether (sulfide) groups is 1. The first-order chi connectivity index (χ1) is 10.1. The molecule has 1 aromatic heterocycles. The number of aryl methyl sites for hydroxylation is 1. The van der Waals surface area contributed by atoms with Crippen LogP contribution in [-0.2, 0) is 0 Å². The molecule has 0 aliphatic carbocycles. The molecule has 0 aliphatic heterocycles. The van der Waals surface area contributed by atoms with Gasteiger partial charge in [-0.3, -0.25) is 0 Å². The number of rotatable bonds is 6. The lowest BCUT2D eigenvalue weighted by Crippen LogP contribution is -2.04. The van der Waals surface area contributed by atoms with E-state index in [2.05, 4.69) is 22.2 Å². The first-order valence-electron chi connectivity index (χ1n) is 6.73. The third kappa shape index (κ3) is 4.32. The lowest BCUT2D eigenvalue weighted by Gasteiger charge is -2.10. The molecule has 0 saturated heterocycles. The van der Waals surface area contributed by atoms with Gasteiger partial charge in [0.25, 0.3) is 0 Å². The molecule has 0 spiro atoms. The van der Waals surface area contributed by atoms with Crippen LogP contribution in [0.15, 0.2) is 29.4 Å². The van der Waals surface area contributed by atoms with Crippen molar-refractivity contribution >= 4 is 17.6 Å². The summed E-state index contributed by atoms with van der Waals surface area (Å²) in [5, 5.41) is 3.77. The van der Waals surface area contributed by atoms with Gasteiger partial charge in [0.2, 0.25) is 5.88 Å². The van der Waals surface area contributed by atoms with Crippen LogP contribution in [0.25, 0.3) is 0 Å². The summed E-state index contributed by atoms with van der Waals surface area (Å²) in [6, 6.07) is 6.41. The molecule has 0 aliphatic rings. The second-order valence-electron chi connectivity index (χ2n) is 4.54. The standard InChI is InChI=1S/C15H18FN3OS/c1-4-7-17-13-9-14(19-15(18-13)21-3)20-12-8-10(2)5-6-11(12)16/h5-6,8-9H,4,7H2,1-3H3,(H,17,18,19). The summed E-state index contributed by atoms with van der Waals surface area (Å²) in [6.07, 6.45) is 2.87. The van der Waals surface area contributed by atoms with E-state index in [1.54, 1.807) is 18.2 Å². The predicted molar refractivity (Wildman–Crippen MR) is 83.8 cm³/mol. The predicted octanol–water partition coefficient (Wildman–Crippen LogP) is 4.26. The maximum absolute atomic E-state index is 13.8. The molecule has 112 valence electrons. The lowest BCUT2D eigenvalue weighted by molar-refractivity contribution is 0.422. The van der Waals surface area contributed by atoms with Gasteiger partial charge in [0.1, 0.15) is 5.82 Å². The zero-order chi connectivity index (χ0) is 15.2. The van der Waals surface area contributed by atoms with Crippen LogP contribution in [-0.4, -0.2) is 22.8 Å². The van der Waals surface area contributed by atoms with Crippen molar-refractivity contribution in [3.8, 4) is 11.6 Å². The summed E-state index contributed by atoms with van der Waals surface area (Å²) < 4.78 is 19.3. The highest BCUT2D eigenvalue weighted by Crippen LogP contribution is 2.27. The van der Waals surface area contributed by atoms with Crippen LogP contribution >= 0.6 is 11.8 Å². The Labute approximate surface area is 128 Å². The molecule has 1 heterocycles. The van der Waals surface area contributed by atoms with Gasteiger partial charge in [-0.05, 0) is 37.3 Å². The van der Waals surface area contributed by atoms with Crippen LogP contribution in [0.2, 0.25) is 0 Å². The van der Waals surface area contributed by atoms with Gasteiger partial charge >= 0.3 is 0 Å². The van der Waals surface area contributed by atoms with Gasteiger partial charge in [-0.25, -0.2) is 9.37 Å². The molecule has 0 saturated carbocycles. The molecule has 0 radical (unpaired) electrons. The van der Waals surface area contributed by atoms with E-state index in [0.717, 1.165) is 18.5 Å². The molecule has 1 N–H and O–H groups in total. The summed E-state index contributed by atoms with van der Waals surface area (Å²) in [7, 11) is 0. The second kappa shape index (κ2) is 7.26. The average molecular weight is 307 g/mol. The molecule has 21 heavy (non-hydrogen) atoms. The van der Waals surface area contributed by atoms with E-state index in [1.807, 2.05) is 13.2 Å². The Hall–Kier alpha value is -1.82. The molecule has 6 heteroatoms. The van der Waals surface area contributed by atoms with Gasteiger partial charge in [-0.15, -0.1) is 0 Å². The highest BCUT2D eigenvalue weighted by molar-refractivity contribution is 7.98. The second-order valence-corrected chi connectivity index (χ2v) is 5.31. The van der Waals surface area contributed by atoms with Gasteiger partial charge in [0.15, 0.2) is 16.7 Å². The van der Waals surface area contributed by atoms with Crippen LogP contribution in [0, 0.1) is 12.7 Å². The highest BCUT2D eigenvalue weighted by Gasteiger charge is 2.09. The topological polar surface area (TPSA) is 47.0 Å². The molecule has 2 rings (SSSR count). The molecule has 0 atom stereocenters. The molecular weight excluding hydrogens is 289 g/mol. The van der Waals surface area contributed by atoms with Crippen molar-refractivity contribution in [3.05, 3.63) is 35.6 Å². The van der Waals surface area contributed by atoms with Gasteiger partial charge < -0.3 is 10.1 Å². The van der Waals surface area contributed by atoms with E-state index < -0.39 is 5.82 Å². The smallest absolute Gasteiger partial charge is 0.225 e. The van der Waals surface area contributed by atoms with E-state index >= 15 is 0 Å². The van der Waals surface area contributed by atoms with E-state index in [-0.39, 0.29) is 5.75 Å². The first kappa shape index (κ1) is 15.6. The Kier molecular flexibility index (Phi) is 5.38. The fraction of sp³-hybridized carbons (Fsp3) is 0.333. The third-order valence-electron chi connectivity index (χ3n) is 2.72. The summed E-state index contributed by atoms with van der Waals surface area (Å²) in [6.45, 7) is 4.76. The summed E-state index contributed by atoms with van der Waals surface area (Å²) in [5.74, 6) is 0.770. The molecule has 0 fully saturated rings. The fourth-order valence-electron chi connectivity index (χ4n) is 1.69. The number of nitrogens with one attached hydrogen (secondary N) is 1. The summed E-state index contributed by atoms with van der Waals surface area (Å²) in [4.78, 5) is 8.59. The molecule has 1 aromatic carbocycles. The van der Waals surface area contributed by atoms with E-state index in [4.69, 9.17) is 4.74 Å².